The average Bonchev–Trinajstić information content (AvgIpc) is 2.45. The molecule has 1 amide bonds. The van der Waals surface area contributed by atoms with E-state index >= 15 is 0 Å². The minimum atomic E-state index is -0.173. The normalized spacial score (nSPS) is 12.0. The Morgan fingerprint density at radius 2 is 1.81 bits per heavy atom. The highest BCUT2D eigenvalue weighted by Gasteiger charge is 2.15. The van der Waals surface area contributed by atoms with Gasteiger partial charge in [0.15, 0.2) is 0 Å². The maximum Gasteiger partial charge on any atom is 0.237 e. The Bertz CT molecular complexity index is 638. The molecule has 3 N–H and O–H groups in total. The number of benzene rings is 2. The van der Waals surface area contributed by atoms with E-state index in [0.29, 0.717) is 5.69 Å². The molecule has 0 aliphatic heterocycles. The molecular weight excluding hydrogens is 280 g/mol. The lowest BCUT2D eigenvalue weighted by molar-refractivity contribution is -0.115. The first-order valence-corrected chi connectivity index (χ1v) is 7.74. The fourth-order valence-corrected chi connectivity index (χ4v) is 2.75. The summed E-state index contributed by atoms with van der Waals surface area (Å²) in [5.41, 5.74) is 9.40. The SMILES string of the molecule is Cc1ccc(SC(C)C(=O)Nc2cc(N)ccc2C)cc1. The third-order valence-electron chi connectivity index (χ3n) is 3.22. The molecule has 110 valence electrons. The Kier molecular flexibility index (Phi) is 4.91. The highest BCUT2D eigenvalue weighted by molar-refractivity contribution is 8.00. The van der Waals surface area contributed by atoms with Crippen molar-refractivity contribution >= 4 is 29.0 Å². The molecular formula is C17H20N2OS. The molecule has 1 unspecified atom stereocenters. The van der Waals surface area contributed by atoms with Gasteiger partial charge in [-0.25, -0.2) is 0 Å². The zero-order chi connectivity index (χ0) is 15.4. The number of carbonyl (C=O) groups excluding carboxylic acids is 1. The number of nitrogen functional groups attached to an aromatic ring is 1. The minimum Gasteiger partial charge on any atom is -0.399 e. The van der Waals surface area contributed by atoms with Crippen LogP contribution in [0.5, 0.6) is 0 Å². The second-order valence-corrected chi connectivity index (χ2v) is 6.55. The molecule has 0 heterocycles. The maximum atomic E-state index is 12.3. The molecule has 0 aliphatic rings. The molecule has 1 atom stereocenters. The molecule has 4 heteroatoms. The molecule has 21 heavy (non-hydrogen) atoms. The van der Waals surface area contributed by atoms with Crippen LogP contribution in [0.15, 0.2) is 47.4 Å². The fraction of sp³-hybridized carbons (Fsp3) is 0.235. The molecule has 0 radical (unpaired) electrons. The molecule has 0 aliphatic carbocycles. The number of rotatable bonds is 4. The van der Waals surface area contributed by atoms with Gasteiger partial charge in [0.25, 0.3) is 0 Å². The van der Waals surface area contributed by atoms with Crippen LogP contribution in [0.2, 0.25) is 0 Å². The van der Waals surface area contributed by atoms with Crippen molar-refractivity contribution in [2.24, 2.45) is 0 Å². The molecule has 0 aromatic heterocycles. The molecule has 0 spiro atoms. The number of nitrogens with two attached hydrogens (primary N) is 1. The van der Waals surface area contributed by atoms with Crippen LogP contribution in [0.3, 0.4) is 0 Å². The predicted octanol–water partition coefficient (Wildman–Crippen LogP) is 4.00. The van der Waals surface area contributed by atoms with Gasteiger partial charge >= 0.3 is 0 Å². The molecule has 0 bridgehead atoms. The van der Waals surface area contributed by atoms with Gasteiger partial charge in [-0.1, -0.05) is 23.8 Å². The highest BCUT2D eigenvalue weighted by atomic mass is 32.2. The van der Waals surface area contributed by atoms with E-state index in [0.717, 1.165) is 16.1 Å². The van der Waals surface area contributed by atoms with Crippen molar-refractivity contribution < 1.29 is 4.79 Å². The Morgan fingerprint density at radius 3 is 2.48 bits per heavy atom. The van der Waals surface area contributed by atoms with E-state index in [1.165, 1.54) is 5.56 Å². The largest absolute Gasteiger partial charge is 0.399 e. The number of amides is 1. The summed E-state index contributed by atoms with van der Waals surface area (Å²) in [6.45, 7) is 5.90. The van der Waals surface area contributed by atoms with Crippen molar-refractivity contribution in [2.75, 3.05) is 11.1 Å². The van der Waals surface area contributed by atoms with Gasteiger partial charge in [0.2, 0.25) is 5.91 Å². The molecule has 0 saturated heterocycles. The zero-order valence-electron chi connectivity index (χ0n) is 12.5. The Morgan fingerprint density at radius 1 is 1.14 bits per heavy atom. The maximum absolute atomic E-state index is 12.3. The van der Waals surface area contributed by atoms with Gasteiger partial charge in [0.1, 0.15) is 0 Å². The monoisotopic (exact) mass is 300 g/mol. The van der Waals surface area contributed by atoms with Gasteiger partial charge in [-0.3, -0.25) is 4.79 Å². The summed E-state index contributed by atoms with van der Waals surface area (Å²) in [5.74, 6) is -0.0192. The molecule has 2 rings (SSSR count). The Balaban J connectivity index is 2.02. The first kappa shape index (κ1) is 15.4. The van der Waals surface area contributed by atoms with Crippen LogP contribution in [0.1, 0.15) is 18.1 Å². The number of anilines is 2. The van der Waals surface area contributed by atoms with Gasteiger partial charge in [-0.15, -0.1) is 11.8 Å². The number of aryl methyl sites for hydroxylation is 2. The lowest BCUT2D eigenvalue weighted by Crippen LogP contribution is -2.22. The van der Waals surface area contributed by atoms with E-state index in [1.807, 2.05) is 45.0 Å². The Hall–Kier alpha value is -1.94. The van der Waals surface area contributed by atoms with Crippen LogP contribution < -0.4 is 11.1 Å². The summed E-state index contributed by atoms with van der Waals surface area (Å²) >= 11 is 1.55. The van der Waals surface area contributed by atoms with E-state index in [1.54, 1.807) is 17.8 Å². The summed E-state index contributed by atoms with van der Waals surface area (Å²) in [5, 5.41) is 2.77. The molecule has 0 fully saturated rings. The first-order valence-electron chi connectivity index (χ1n) is 6.86. The lowest BCUT2D eigenvalue weighted by Gasteiger charge is -2.14. The number of hydrogen-bond donors (Lipinski definition) is 2. The number of carbonyl (C=O) groups is 1. The molecule has 2 aromatic carbocycles. The van der Waals surface area contributed by atoms with Crippen LogP contribution >= 0.6 is 11.8 Å². The second-order valence-electron chi connectivity index (χ2n) is 5.14. The van der Waals surface area contributed by atoms with E-state index in [2.05, 4.69) is 17.4 Å². The molecule has 2 aromatic rings. The second kappa shape index (κ2) is 6.68. The molecule has 0 saturated carbocycles. The number of thioether (sulfide) groups is 1. The van der Waals surface area contributed by atoms with Gasteiger partial charge in [0, 0.05) is 16.3 Å². The van der Waals surface area contributed by atoms with Crippen LogP contribution in [0.25, 0.3) is 0 Å². The summed E-state index contributed by atoms with van der Waals surface area (Å²) in [6.07, 6.45) is 0. The summed E-state index contributed by atoms with van der Waals surface area (Å²) in [4.78, 5) is 13.4. The van der Waals surface area contributed by atoms with Gasteiger partial charge in [-0.2, -0.15) is 0 Å². The van der Waals surface area contributed by atoms with Crippen molar-refractivity contribution in [3.05, 3.63) is 53.6 Å². The van der Waals surface area contributed by atoms with Crippen molar-refractivity contribution in [2.45, 2.75) is 30.9 Å². The van der Waals surface area contributed by atoms with Crippen LogP contribution in [0, 0.1) is 13.8 Å². The smallest absolute Gasteiger partial charge is 0.237 e. The van der Waals surface area contributed by atoms with E-state index < -0.39 is 0 Å². The quantitative estimate of drug-likeness (QED) is 0.662. The first-order chi connectivity index (χ1) is 9.95. The average molecular weight is 300 g/mol. The third kappa shape index (κ3) is 4.26. The van der Waals surface area contributed by atoms with Crippen LogP contribution in [-0.4, -0.2) is 11.2 Å². The van der Waals surface area contributed by atoms with Gasteiger partial charge in [-0.05, 0) is 50.6 Å². The minimum absolute atomic E-state index is 0.0192. The highest BCUT2D eigenvalue weighted by Crippen LogP contribution is 2.25. The van der Waals surface area contributed by atoms with E-state index in [9.17, 15) is 4.79 Å². The fourth-order valence-electron chi connectivity index (χ4n) is 1.88. The predicted molar refractivity (Wildman–Crippen MR) is 90.7 cm³/mol. The van der Waals surface area contributed by atoms with Crippen molar-refractivity contribution in [3.63, 3.8) is 0 Å². The van der Waals surface area contributed by atoms with Crippen molar-refractivity contribution in [3.8, 4) is 0 Å². The van der Waals surface area contributed by atoms with Crippen molar-refractivity contribution in [1.29, 1.82) is 0 Å². The van der Waals surface area contributed by atoms with Crippen LogP contribution in [-0.2, 0) is 4.79 Å². The topological polar surface area (TPSA) is 55.1 Å². The standard InChI is InChI=1S/C17H20N2OS/c1-11-4-8-15(9-5-11)21-13(3)17(20)19-16-10-14(18)7-6-12(16)2/h4-10,13H,18H2,1-3H3,(H,19,20). The van der Waals surface area contributed by atoms with E-state index in [-0.39, 0.29) is 11.2 Å². The van der Waals surface area contributed by atoms with Crippen molar-refractivity contribution in [1.82, 2.24) is 0 Å². The van der Waals surface area contributed by atoms with E-state index in [4.69, 9.17) is 5.73 Å². The number of nitrogens with one attached hydrogen (secondary N) is 1. The zero-order valence-corrected chi connectivity index (χ0v) is 13.3. The van der Waals surface area contributed by atoms with Gasteiger partial charge < -0.3 is 11.1 Å². The van der Waals surface area contributed by atoms with Gasteiger partial charge in [0.05, 0.1) is 5.25 Å². The third-order valence-corrected chi connectivity index (χ3v) is 4.33. The Labute approximate surface area is 129 Å². The summed E-state index contributed by atoms with van der Waals surface area (Å²) in [7, 11) is 0. The lowest BCUT2D eigenvalue weighted by atomic mass is 10.2. The summed E-state index contributed by atoms with van der Waals surface area (Å²) in [6, 6.07) is 13.7. The van der Waals surface area contributed by atoms with Crippen LogP contribution in [0.4, 0.5) is 11.4 Å². The molecule has 3 nitrogen and oxygen atoms in total. The number of hydrogen-bond acceptors (Lipinski definition) is 3. The summed E-state index contributed by atoms with van der Waals surface area (Å²) < 4.78 is 0.